The van der Waals surface area contributed by atoms with Crippen LogP contribution in [0.25, 0.3) is 0 Å². The fraction of sp³-hybridized carbons (Fsp3) is 0.385. The summed E-state index contributed by atoms with van der Waals surface area (Å²) in [6, 6.07) is 0. The Bertz CT molecular complexity index is 538. The Morgan fingerprint density at radius 3 is 1.81 bits per heavy atom. The number of carbonyl (C=O) groups is 2. The van der Waals surface area contributed by atoms with Gasteiger partial charge in [-0.1, -0.05) is 19.8 Å². The Hall–Kier alpha value is 1.13. The highest BCUT2D eigenvalue weighted by molar-refractivity contribution is 14.1. The molecule has 21 heavy (non-hydrogen) atoms. The lowest BCUT2D eigenvalue weighted by Crippen LogP contribution is -2.13. The van der Waals surface area contributed by atoms with Gasteiger partial charge in [0, 0.05) is 10.1 Å². The van der Waals surface area contributed by atoms with E-state index in [9.17, 15) is 9.59 Å². The summed E-state index contributed by atoms with van der Waals surface area (Å²) in [5, 5.41) is 2.12. The van der Waals surface area contributed by atoms with E-state index in [1.54, 1.807) is 0 Å². The molecule has 1 rings (SSSR count). The highest BCUT2D eigenvalue weighted by Gasteiger charge is 2.26. The van der Waals surface area contributed by atoms with E-state index < -0.39 is 10.5 Å². The number of rotatable bonds is 7. The third kappa shape index (κ3) is 5.05. The van der Waals surface area contributed by atoms with Gasteiger partial charge in [-0.15, -0.1) is 0 Å². The lowest BCUT2D eigenvalue weighted by molar-refractivity contribution is 0.107. The molecule has 0 aliphatic heterocycles. The molecule has 0 spiro atoms. The Balaban J connectivity index is 3.35. The van der Waals surface area contributed by atoms with E-state index in [4.69, 9.17) is 23.2 Å². The van der Waals surface area contributed by atoms with Crippen LogP contribution in [-0.4, -0.2) is 17.0 Å². The van der Waals surface area contributed by atoms with Crippen molar-refractivity contribution in [2.24, 2.45) is 0 Å². The third-order valence-corrected chi connectivity index (χ3v) is 6.41. The fourth-order valence-electron chi connectivity index (χ4n) is 1.75. The van der Waals surface area contributed by atoms with Gasteiger partial charge >= 0.3 is 0 Å². The zero-order chi connectivity index (χ0) is 16.2. The zero-order valence-electron chi connectivity index (χ0n) is 11.0. The quantitative estimate of drug-likeness (QED) is 0.226. The second-order valence-corrected chi connectivity index (χ2v) is 8.17. The number of unbranched alkanes of at least 4 members (excludes halogenated alkanes) is 2. The summed E-state index contributed by atoms with van der Waals surface area (Å²) in [7, 11) is 0. The van der Waals surface area contributed by atoms with Crippen LogP contribution in [0.4, 0.5) is 5.69 Å². The van der Waals surface area contributed by atoms with Crippen LogP contribution in [0.2, 0.25) is 0 Å². The van der Waals surface area contributed by atoms with Crippen molar-refractivity contribution in [3.05, 3.63) is 21.8 Å². The number of hydrogen-bond donors (Lipinski definition) is 1. The first kappa shape index (κ1) is 20.2. The second-order valence-electron chi connectivity index (χ2n) is 4.25. The van der Waals surface area contributed by atoms with Crippen molar-refractivity contribution in [1.82, 2.24) is 0 Å². The van der Waals surface area contributed by atoms with Crippen molar-refractivity contribution < 1.29 is 9.59 Å². The Kier molecular flexibility index (Phi) is 9.06. The zero-order valence-corrected chi connectivity index (χ0v) is 19.0. The summed E-state index contributed by atoms with van der Waals surface area (Å²) in [6.07, 6.45) is 3.26. The predicted molar refractivity (Wildman–Crippen MR) is 113 cm³/mol. The average molecular weight is 666 g/mol. The fourth-order valence-corrected chi connectivity index (χ4v) is 7.30. The van der Waals surface area contributed by atoms with E-state index in [1.807, 2.05) is 22.6 Å². The summed E-state index contributed by atoms with van der Waals surface area (Å²) in [6.45, 7) is 2.90. The van der Waals surface area contributed by atoms with Crippen LogP contribution in [0.1, 0.15) is 46.9 Å². The van der Waals surface area contributed by atoms with Crippen molar-refractivity contribution in [3.63, 3.8) is 0 Å². The number of anilines is 1. The first-order valence-corrected chi connectivity index (χ1v) is 10.2. The molecule has 0 fully saturated rings. The van der Waals surface area contributed by atoms with E-state index in [0.29, 0.717) is 14.7 Å². The SMILES string of the molecule is CCCCCNc1c(I)c(C(=O)Cl)c(I)c(C(=O)Cl)c1I. The van der Waals surface area contributed by atoms with E-state index in [1.165, 1.54) is 0 Å². The van der Waals surface area contributed by atoms with Crippen LogP contribution < -0.4 is 5.32 Å². The molecule has 0 heterocycles. The molecule has 0 unspecified atom stereocenters. The van der Waals surface area contributed by atoms with Gasteiger partial charge in [-0.25, -0.2) is 0 Å². The molecule has 0 amide bonds. The summed E-state index contributed by atoms with van der Waals surface area (Å²) >= 11 is 17.4. The molecule has 0 aliphatic carbocycles. The summed E-state index contributed by atoms with van der Waals surface area (Å²) in [4.78, 5) is 23.3. The molecule has 3 nitrogen and oxygen atoms in total. The number of carbonyl (C=O) groups excluding carboxylic acids is 2. The molecule has 0 aromatic heterocycles. The molecule has 0 atom stereocenters. The number of halogens is 5. The third-order valence-electron chi connectivity index (χ3n) is 2.79. The molecule has 1 N–H and O–H groups in total. The number of hydrogen-bond acceptors (Lipinski definition) is 3. The van der Waals surface area contributed by atoms with Crippen LogP contribution in [0.3, 0.4) is 0 Å². The highest BCUT2D eigenvalue weighted by atomic mass is 127. The summed E-state index contributed by atoms with van der Waals surface area (Å²) in [5.41, 5.74) is 1.42. The molecule has 1 aromatic carbocycles. The van der Waals surface area contributed by atoms with Gasteiger partial charge in [0.25, 0.3) is 10.5 Å². The van der Waals surface area contributed by atoms with Gasteiger partial charge in [-0.2, -0.15) is 0 Å². The summed E-state index contributed by atoms with van der Waals surface area (Å²) < 4.78 is 1.94. The molecule has 0 bridgehead atoms. The standard InChI is InChI=1S/C13H12Cl2I3NO2/c1-2-3-4-5-19-11-9(17)6(12(14)20)8(16)7(10(11)18)13(15)21/h19H,2-5H2,1H3. The van der Waals surface area contributed by atoms with Crippen LogP contribution >= 0.6 is 91.0 Å². The van der Waals surface area contributed by atoms with Crippen molar-refractivity contribution >= 4 is 107 Å². The molecule has 1 aromatic rings. The average Bonchev–Trinajstić information content (AvgIpc) is 2.36. The van der Waals surface area contributed by atoms with Crippen molar-refractivity contribution in [3.8, 4) is 0 Å². The van der Waals surface area contributed by atoms with Crippen molar-refractivity contribution in [2.75, 3.05) is 11.9 Å². The van der Waals surface area contributed by atoms with Gasteiger partial charge in [-0.05, 0) is 97.4 Å². The van der Waals surface area contributed by atoms with E-state index in [-0.39, 0.29) is 0 Å². The first-order chi connectivity index (χ1) is 9.82. The molecular weight excluding hydrogens is 654 g/mol. The van der Waals surface area contributed by atoms with Crippen LogP contribution in [-0.2, 0) is 0 Å². The largest absolute Gasteiger partial charge is 0.383 e. The van der Waals surface area contributed by atoms with Crippen molar-refractivity contribution in [2.45, 2.75) is 26.2 Å². The van der Waals surface area contributed by atoms with Crippen molar-refractivity contribution in [1.29, 1.82) is 0 Å². The molecular formula is C13H12Cl2I3NO2. The topological polar surface area (TPSA) is 46.2 Å². The van der Waals surface area contributed by atoms with Gasteiger partial charge < -0.3 is 5.32 Å². The minimum atomic E-state index is -0.587. The lowest BCUT2D eigenvalue weighted by Gasteiger charge is -2.17. The van der Waals surface area contributed by atoms with Gasteiger partial charge in [-0.3, -0.25) is 9.59 Å². The summed E-state index contributed by atoms with van der Waals surface area (Å²) in [5.74, 6) is 0. The molecule has 116 valence electrons. The Labute approximate surface area is 174 Å². The maximum Gasteiger partial charge on any atom is 0.254 e. The monoisotopic (exact) mass is 665 g/mol. The highest BCUT2D eigenvalue weighted by Crippen LogP contribution is 2.37. The van der Waals surface area contributed by atoms with E-state index in [0.717, 1.165) is 38.6 Å². The Morgan fingerprint density at radius 2 is 1.43 bits per heavy atom. The normalized spacial score (nSPS) is 10.6. The molecule has 0 radical (unpaired) electrons. The van der Waals surface area contributed by atoms with Crippen LogP contribution in [0.5, 0.6) is 0 Å². The lowest BCUT2D eigenvalue weighted by atomic mass is 10.1. The van der Waals surface area contributed by atoms with Gasteiger partial charge in [0.05, 0.1) is 24.0 Å². The van der Waals surface area contributed by atoms with Crippen LogP contribution in [0, 0.1) is 10.7 Å². The smallest absolute Gasteiger partial charge is 0.254 e. The van der Waals surface area contributed by atoms with Gasteiger partial charge in [0.15, 0.2) is 0 Å². The first-order valence-electron chi connectivity index (χ1n) is 6.16. The Morgan fingerprint density at radius 1 is 0.952 bits per heavy atom. The number of nitrogens with one attached hydrogen (secondary N) is 1. The van der Waals surface area contributed by atoms with Gasteiger partial charge in [0.1, 0.15) is 0 Å². The number of benzene rings is 1. The molecule has 0 saturated carbocycles. The minimum Gasteiger partial charge on any atom is -0.383 e. The van der Waals surface area contributed by atoms with E-state index >= 15 is 0 Å². The van der Waals surface area contributed by atoms with E-state index in [2.05, 4.69) is 57.4 Å². The minimum absolute atomic E-state index is 0.334. The maximum atomic E-state index is 11.7. The van der Waals surface area contributed by atoms with Gasteiger partial charge in [0.2, 0.25) is 0 Å². The molecule has 0 aliphatic rings. The molecule has 0 saturated heterocycles. The predicted octanol–water partition coefficient (Wildman–Crippen LogP) is 5.86. The maximum absolute atomic E-state index is 11.7. The molecule has 8 heteroatoms. The second kappa shape index (κ2) is 9.43. The van der Waals surface area contributed by atoms with Crippen LogP contribution in [0.15, 0.2) is 0 Å².